The van der Waals surface area contributed by atoms with E-state index in [1.165, 1.54) is 12.0 Å². The highest BCUT2D eigenvalue weighted by molar-refractivity contribution is 5.28. The molecule has 1 aliphatic carbocycles. The molecule has 1 saturated carbocycles. The van der Waals surface area contributed by atoms with Crippen LogP contribution in [0.15, 0.2) is 36.7 Å². The van der Waals surface area contributed by atoms with Crippen LogP contribution in [0.3, 0.4) is 0 Å². The van der Waals surface area contributed by atoms with Crippen molar-refractivity contribution in [1.82, 2.24) is 14.9 Å². The molecular formula is C23H31N3O2. The van der Waals surface area contributed by atoms with E-state index in [-0.39, 0.29) is 0 Å². The van der Waals surface area contributed by atoms with Gasteiger partial charge in [-0.1, -0.05) is 29.8 Å². The Kier molecular flexibility index (Phi) is 5.76. The number of rotatable bonds is 6. The van der Waals surface area contributed by atoms with Gasteiger partial charge in [0.05, 0.1) is 12.2 Å². The minimum absolute atomic E-state index is 0.297. The van der Waals surface area contributed by atoms with Crippen LogP contribution in [0.25, 0.3) is 0 Å². The summed E-state index contributed by atoms with van der Waals surface area (Å²) in [6.45, 7) is 5.57. The highest BCUT2D eigenvalue weighted by Crippen LogP contribution is 2.48. The van der Waals surface area contributed by atoms with Crippen LogP contribution in [0.5, 0.6) is 0 Å². The number of fused-ring (bicyclic) bond motifs is 1. The molecule has 1 aliphatic heterocycles. The van der Waals surface area contributed by atoms with Gasteiger partial charge in [-0.15, -0.1) is 0 Å². The van der Waals surface area contributed by atoms with Crippen LogP contribution >= 0.6 is 0 Å². The maximum Gasteiger partial charge on any atom is 0.130 e. The number of methoxy groups -OCH3 is 1. The van der Waals surface area contributed by atoms with Crippen molar-refractivity contribution in [1.29, 1.82) is 0 Å². The van der Waals surface area contributed by atoms with Crippen LogP contribution < -0.4 is 0 Å². The molecule has 4 rings (SSSR count). The average Bonchev–Trinajstić information content (AvgIpc) is 3.12. The monoisotopic (exact) mass is 381 g/mol. The fraction of sp³-hybridized carbons (Fsp3) is 0.565. The van der Waals surface area contributed by atoms with Gasteiger partial charge < -0.3 is 9.84 Å². The lowest BCUT2D eigenvalue weighted by molar-refractivity contribution is -0.0648. The first-order valence-electron chi connectivity index (χ1n) is 10.4. The number of nitrogens with zero attached hydrogens (tertiary/aromatic N) is 3. The zero-order valence-corrected chi connectivity index (χ0v) is 17.0. The lowest BCUT2D eigenvalue weighted by Crippen LogP contribution is -2.42. The van der Waals surface area contributed by atoms with E-state index in [0.717, 1.165) is 55.8 Å². The third-order valence-corrected chi connectivity index (χ3v) is 6.51. The molecule has 2 fully saturated rings. The molecule has 3 atom stereocenters. The summed E-state index contributed by atoms with van der Waals surface area (Å²) < 4.78 is 5.09. The molecule has 2 aliphatic rings. The number of aromatic nitrogens is 2. The molecule has 0 amide bonds. The highest BCUT2D eigenvalue weighted by Gasteiger charge is 2.49. The molecule has 1 N–H and O–H groups in total. The minimum atomic E-state index is -0.703. The fourth-order valence-electron chi connectivity index (χ4n) is 4.99. The van der Waals surface area contributed by atoms with E-state index in [4.69, 9.17) is 4.74 Å². The molecule has 0 bridgehead atoms. The topological polar surface area (TPSA) is 58.5 Å². The molecular weight excluding hydrogens is 350 g/mol. The third-order valence-electron chi connectivity index (χ3n) is 6.51. The van der Waals surface area contributed by atoms with Gasteiger partial charge >= 0.3 is 0 Å². The van der Waals surface area contributed by atoms with Crippen LogP contribution in [0.1, 0.15) is 41.8 Å². The molecule has 28 heavy (non-hydrogen) atoms. The van der Waals surface area contributed by atoms with Crippen LogP contribution in [0.2, 0.25) is 0 Å². The maximum absolute atomic E-state index is 11.6. The van der Waals surface area contributed by atoms with E-state index in [0.29, 0.717) is 18.4 Å². The lowest BCUT2D eigenvalue weighted by atomic mass is 9.67. The SMILES string of the molecule is COCCc1ncc(CN2C[C@@H]3CCC[C@](O)(c4ccc(C)cc4)[C@@H]3C2)cn1. The van der Waals surface area contributed by atoms with Gasteiger partial charge in [0.1, 0.15) is 5.82 Å². The van der Waals surface area contributed by atoms with Gasteiger partial charge in [-0.3, -0.25) is 4.90 Å². The maximum atomic E-state index is 11.6. The Morgan fingerprint density at radius 3 is 2.64 bits per heavy atom. The fourth-order valence-corrected chi connectivity index (χ4v) is 4.99. The van der Waals surface area contributed by atoms with E-state index in [1.54, 1.807) is 7.11 Å². The highest BCUT2D eigenvalue weighted by atomic mass is 16.5. The third kappa shape index (κ3) is 3.97. The summed E-state index contributed by atoms with van der Waals surface area (Å²) in [6.07, 6.45) is 7.79. The van der Waals surface area contributed by atoms with Crippen molar-refractivity contribution in [3.63, 3.8) is 0 Å². The standard InChI is InChI=1S/C23H31N3O2/c1-17-5-7-20(8-6-17)23(27)10-3-4-19-15-26(16-21(19)23)14-18-12-24-22(25-13-18)9-11-28-2/h5-8,12-13,19,21,27H,3-4,9-11,14-16H2,1-2H3/t19-,21+,23-/m0/s1. The van der Waals surface area contributed by atoms with Gasteiger partial charge in [0, 0.05) is 57.0 Å². The first-order chi connectivity index (χ1) is 13.6. The van der Waals surface area contributed by atoms with Crippen molar-refractivity contribution in [2.24, 2.45) is 11.8 Å². The predicted molar refractivity (Wildman–Crippen MR) is 109 cm³/mol. The molecule has 0 unspecified atom stereocenters. The molecule has 0 spiro atoms. The molecule has 1 saturated heterocycles. The van der Waals surface area contributed by atoms with Crippen molar-refractivity contribution in [2.75, 3.05) is 26.8 Å². The Morgan fingerprint density at radius 1 is 1.18 bits per heavy atom. The van der Waals surface area contributed by atoms with Crippen LogP contribution in [0, 0.1) is 18.8 Å². The number of likely N-dealkylation sites (tertiary alicyclic amines) is 1. The summed E-state index contributed by atoms with van der Waals surface area (Å²) in [5, 5.41) is 11.6. The number of hydrogen-bond donors (Lipinski definition) is 1. The summed E-state index contributed by atoms with van der Waals surface area (Å²) in [5.74, 6) is 1.68. The molecule has 150 valence electrons. The Hall–Kier alpha value is -1.82. The molecule has 0 radical (unpaired) electrons. The van der Waals surface area contributed by atoms with Gasteiger partial charge in [0.2, 0.25) is 0 Å². The number of hydrogen-bond acceptors (Lipinski definition) is 5. The van der Waals surface area contributed by atoms with Crippen molar-refractivity contribution >= 4 is 0 Å². The Labute approximate surface area is 167 Å². The average molecular weight is 382 g/mol. The Morgan fingerprint density at radius 2 is 1.93 bits per heavy atom. The summed E-state index contributed by atoms with van der Waals surface area (Å²) >= 11 is 0. The number of ether oxygens (including phenoxy) is 1. The number of aryl methyl sites for hydroxylation is 1. The summed E-state index contributed by atoms with van der Waals surface area (Å²) in [4.78, 5) is 11.4. The predicted octanol–water partition coefficient (Wildman–Crippen LogP) is 3.09. The van der Waals surface area contributed by atoms with E-state index in [2.05, 4.69) is 46.1 Å². The zero-order chi connectivity index (χ0) is 19.6. The summed E-state index contributed by atoms with van der Waals surface area (Å²) in [5.41, 5.74) is 2.76. The van der Waals surface area contributed by atoms with Gasteiger partial charge in [-0.2, -0.15) is 0 Å². The molecule has 5 heteroatoms. The van der Waals surface area contributed by atoms with Crippen molar-refractivity contribution in [2.45, 2.75) is 44.8 Å². The summed E-state index contributed by atoms with van der Waals surface area (Å²) in [6, 6.07) is 8.47. The first kappa shape index (κ1) is 19.5. The molecule has 2 heterocycles. The van der Waals surface area contributed by atoms with Gasteiger partial charge in [-0.05, 0) is 37.7 Å². The second kappa shape index (κ2) is 8.27. The zero-order valence-electron chi connectivity index (χ0n) is 17.0. The molecule has 5 nitrogen and oxygen atoms in total. The van der Waals surface area contributed by atoms with Crippen molar-refractivity contribution < 1.29 is 9.84 Å². The van der Waals surface area contributed by atoms with E-state index in [9.17, 15) is 5.11 Å². The van der Waals surface area contributed by atoms with E-state index >= 15 is 0 Å². The van der Waals surface area contributed by atoms with E-state index in [1.807, 2.05) is 12.4 Å². The van der Waals surface area contributed by atoms with Gasteiger partial charge in [0.15, 0.2) is 0 Å². The molecule has 2 aromatic rings. The Balaban J connectivity index is 1.44. The number of benzene rings is 1. The first-order valence-corrected chi connectivity index (χ1v) is 10.4. The second-order valence-corrected chi connectivity index (χ2v) is 8.49. The van der Waals surface area contributed by atoms with Crippen molar-refractivity contribution in [3.05, 3.63) is 59.2 Å². The van der Waals surface area contributed by atoms with Crippen LogP contribution in [0.4, 0.5) is 0 Å². The van der Waals surface area contributed by atoms with Gasteiger partial charge in [-0.25, -0.2) is 9.97 Å². The molecule has 1 aromatic carbocycles. The van der Waals surface area contributed by atoms with Crippen molar-refractivity contribution in [3.8, 4) is 0 Å². The largest absolute Gasteiger partial charge is 0.385 e. The van der Waals surface area contributed by atoms with Crippen LogP contribution in [-0.4, -0.2) is 46.8 Å². The Bertz CT molecular complexity index is 777. The second-order valence-electron chi connectivity index (χ2n) is 8.49. The normalized spacial score (nSPS) is 27.7. The van der Waals surface area contributed by atoms with E-state index < -0.39 is 5.60 Å². The quantitative estimate of drug-likeness (QED) is 0.833. The lowest BCUT2D eigenvalue weighted by Gasteiger charge is -2.41. The minimum Gasteiger partial charge on any atom is -0.385 e. The van der Waals surface area contributed by atoms with Crippen LogP contribution in [-0.2, 0) is 23.3 Å². The number of aliphatic hydroxyl groups is 1. The molecule has 1 aromatic heterocycles. The summed E-state index contributed by atoms with van der Waals surface area (Å²) in [7, 11) is 1.69. The smallest absolute Gasteiger partial charge is 0.130 e. The van der Waals surface area contributed by atoms with Gasteiger partial charge in [0.25, 0.3) is 0 Å².